The molecule has 110 valence electrons. The van der Waals surface area contributed by atoms with Gasteiger partial charge in [0.05, 0.1) is 0 Å². The molecule has 1 N–H and O–H groups in total. The van der Waals surface area contributed by atoms with Gasteiger partial charge in [-0.3, -0.25) is 4.79 Å². The second kappa shape index (κ2) is 7.19. The molecule has 20 heavy (non-hydrogen) atoms. The van der Waals surface area contributed by atoms with Crippen molar-refractivity contribution in [3.05, 3.63) is 18.0 Å². The first kappa shape index (κ1) is 14.7. The van der Waals surface area contributed by atoms with Gasteiger partial charge in [-0.1, -0.05) is 0 Å². The van der Waals surface area contributed by atoms with Gasteiger partial charge in [0.15, 0.2) is 0 Å². The largest absolute Gasteiger partial charge is 0.349 e. The number of likely N-dealkylation sites (N-methyl/N-ethyl adjacent to an activating group) is 1. The number of nitrogens with one attached hydrogen (secondary N) is 1. The minimum Gasteiger partial charge on any atom is -0.349 e. The summed E-state index contributed by atoms with van der Waals surface area (Å²) in [7, 11) is 3.95. The molecule has 6 heteroatoms. The highest BCUT2D eigenvalue weighted by Gasteiger charge is 2.15. The van der Waals surface area contributed by atoms with Gasteiger partial charge >= 0.3 is 0 Å². The fraction of sp³-hybridized carbons (Fsp3) is 0.643. The maximum Gasteiger partial charge on any atom is 0.270 e. The molecular formula is C14H23N5O. The third-order valence-corrected chi connectivity index (χ3v) is 3.36. The molecule has 0 aromatic carbocycles. The first-order valence-corrected chi connectivity index (χ1v) is 7.18. The summed E-state index contributed by atoms with van der Waals surface area (Å²) in [5, 5.41) is 2.87. The molecule has 0 spiro atoms. The molecule has 1 aliphatic heterocycles. The second-order valence-electron chi connectivity index (χ2n) is 5.35. The van der Waals surface area contributed by atoms with E-state index in [1.54, 1.807) is 12.3 Å². The summed E-state index contributed by atoms with van der Waals surface area (Å²) >= 11 is 0. The Bertz CT molecular complexity index is 443. The maximum atomic E-state index is 12.0. The Morgan fingerprint density at radius 2 is 2.10 bits per heavy atom. The number of nitrogens with zero attached hydrogens (tertiary/aromatic N) is 4. The number of carbonyl (C=O) groups is 1. The van der Waals surface area contributed by atoms with Crippen LogP contribution in [0, 0.1) is 0 Å². The molecule has 0 aliphatic carbocycles. The maximum absolute atomic E-state index is 12.0. The van der Waals surface area contributed by atoms with E-state index in [1.165, 1.54) is 19.3 Å². The zero-order valence-corrected chi connectivity index (χ0v) is 12.3. The number of hydrogen-bond acceptors (Lipinski definition) is 5. The van der Waals surface area contributed by atoms with E-state index >= 15 is 0 Å². The molecule has 0 bridgehead atoms. The number of rotatable bonds is 5. The average molecular weight is 277 g/mol. The van der Waals surface area contributed by atoms with Gasteiger partial charge in [0, 0.05) is 32.4 Å². The summed E-state index contributed by atoms with van der Waals surface area (Å²) < 4.78 is 0. The van der Waals surface area contributed by atoms with Crippen LogP contribution in [0.4, 0.5) is 5.95 Å². The van der Waals surface area contributed by atoms with Gasteiger partial charge in [-0.15, -0.1) is 0 Å². The predicted molar refractivity (Wildman–Crippen MR) is 79.0 cm³/mol. The standard InChI is InChI=1S/C14H23N5O/c1-18(2)11-8-15-13(20)12-6-7-16-14(17-12)19-9-4-3-5-10-19/h6-7H,3-5,8-11H2,1-2H3,(H,15,20). The lowest BCUT2D eigenvalue weighted by Gasteiger charge is -2.26. The van der Waals surface area contributed by atoms with Crippen LogP contribution in [0.25, 0.3) is 0 Å². The summed E-state index contributed by atoms with van der Waals surface area (Å²) in [6, 6.07) is 1.67. The van der Waals surface area contributed by atoms with Crippen molar-refractivity contribution in [2.45, 2.75) is 19.3 Å². The molecule has 1 saturated heterocycles. The van der Waals surface area contributed by atoms with Crippen molar-refractivity contribution in [2.24, 2.45) is 0 Å². The lowest BCUT2D eigenvalue weighted by molar-refractivity contribution is 0.0946. The Kier molecular flexibility index (Phi) is 5.29. The van der Waals surface area contributed by atoms with Gasteiger partial charge in [-0.25, -0.2) is 9.97 Å². The van der Waals surface area contributed by atoms with Crippen LogP contribution >= 0.6 is 0 Å². The lowest BCUT2D eigenvalue weighted by Crippen LogP contribution is -2.33. The van der Waals surface area contributed by atoms with Gasteiger partial charge in [-0.05, 0) is 39.4 Å². The van der Waals surface area contributed by atoms with Crippen LogP contribution in [0.3, 0.4) is 0 Å². The molecule has 2 rings (SSSR count). The highest BCUT2D eigenvalue weighted by Crippen LogP contribution is 2.15. The zero-order valence-electron chi connectivity index (χ0n) is 12.3. The van der Waals surface area contributed by atoms with Gasteiger partial charge in [0.1, 0.15) is 5.69 Å². The average Bonchev–Trinajstić information content (AvgIpc) is 2.48. The molecule has 2 heterocycles. The van der Waals surface area contributed by atoms with Crippen molar-refractivity contribution in [3.8, 4) is 0 Å². The van der Waals surface area contributed by atoms with Gasteiger partial charge < -0.3 is 15.1 Å². The van der Waals surface area contributed by atoms with Crippen LogP contribution in [0.15, 0.2) is 12.3 Å². The van der Waals surface area contributed by atoms with Crippen LogP contribution in [0.1, 0.15) is 29.8 Å². The SMILES string of the molecule is CN(C)CCNC(=O)c1ccnc(N2CCCCC2)n1. The molecule has 1 aromatic heterocycles. The Morgan fingerprint density at radius 3 is 2.80 bits per heavy atom. The molecule has 0 unspecified atom stereocenters. The van der Waals surface area contributed by atoms with Gasteiger partial charge in [-0.2, -0.15) is 0 Å². The highest BCUT2D eigenvalue weighted by atomic mass is 16.1. The van der Waals surface area contributed by atoms with E-state index in [0.717, 1.165) is 19.6 Å². The molecule has 6 nitrogen and oxygen atoms in total. The number of hydrogen-bond donors (Lipinski definition) is 1. The van der Waals surface area contributed by atoms with E-state index in [-0.39, 0.29) is 5.91 Å². The minimum atomic E-state index is -0.132. The number of carbonyl (C=O) groups excluding carboxylic acids is 1. The second-order valence-corrected chi connectivity index (χ2v) is 5.35. The Balaban J connectivity index is 1.96. The van der Waals surface area contributed by atoms with Crippen LogP contribution in [0.5, 0.6) is 0 Å². The lowest BCUT2D eigenvalue weighted by atomic mass is 10.1. The normalized spacial score (nSPS) is 15.4. The number of aromatic nitrogens is 2. The number of piperidine rings is 1. The van der Waals surface area contributed by atoms with E-state index in [1.807, 2.05) is 19.0 Å². The van der Waals surface area contributed by atoms with E-state index in [2.05, 4.69) is 20.2 Å². The Labute approximate surface area is 120 Å². The summed E-state index contributed by atoms with van der Waals surface area (Å²) in [5.74, 6) is 0.539. The molecule has 1 aliphatic rings. The van der Waals surface area contributed by atoms with Crippen LogP contribution < -0.4 is 10.2 Å². The molecular weight excluding hydrogens is 254 g/mol. The molecule has 1 aromatic rings. The molecule has 1 fully saturated rings. The van der Waals surface area contributed by atoms with Crippen molar-refractivity contribution >= 4 is 11.9 Å². The summed E-state index contributed by atoms with van der Waals surface area (Å²) in [6.07, 6.45) is 5.27. The van der Waals surface area contributed by atoms with Gasteiger partial charge in [0.25, 0.3) is 5.91 Å². The molecule has 0 saturated carbocycles. The van der Waals surface area contributed by atoms with Crippen molar-refractivity contribution in [1.82, 2.24) is 20.2 Å². The predicted octanol–water partition coefficient (Wildman–Crippen LogP) is 0.758. The third kappa shape index (κ3) is 4.16. The quantitative estimate of drug-likeness (QED) is 0.861. The third-order valence-electron chi connectivity index (χ3n) is 3.36. The highest BCUT2D eigenvalue weighted by molar-refractivity contribution is 5.92. The van der Waals surface area contributed by atoms with E-state index in [9.17, 15) is 4.79 Å². The van der Waals surface area contributed by atoms with E-state index < -0.39 is 0 Å². The van der Waals surface area contributed by atoms with Crippen LogP contribution in [-0.2, 0) is 0 Å². The zero-order chi connectivity index (χ0) is 14.4. The summed E-state index contributed by atoms with van der Waals surface area (Å²) in [4.78, 5) is 24.9. The Morgan fingerprint density at radius 1 is 1.35 bits per heavy atom. The Hall–Kier alpha value is -1.69. The smallest absolute Gasteiger partial charge is 0.270 e. The first-order valence-electron chi connectivity index (χ1n) is 7.18. The molecule has 0 radical (unpaired) electrons. The fourth-order valence-corrected chi connectivity index (χ4v) is 2.20. The van der Waals surface area contributed by atoms with Crippen molar-refractivity contribution in [3.63, 3.8) is 0 Å². The topological polar surface area (TPSA) is 61.4 Å². The van der Waals surface area contributed by atoms with Crippen LogP contribution in [-0.4, -0.2) is 61.0 Å². The molecule has 0 atom stereocenters. The molecule has 1 amide bonds. The van der Waals surface area contributed by atoms with E-state index in [4.69, 9.17) is 0 Å². The van der Waals surface area contributed by atoms with Crippen molar-refractivity contribution in [2.75, 3.05) is 45.2 Å². The number of amides is 1. The summed E-state index contributed by atoms with van der Waals surface area (Å²) in [6.45, 7) is 3.39. The minimum absolute atomic E-state index is 0.132. The van der Waals surface area contributed by atoms with Crippen molar-refractivity contribution in [1.29, 1.82) is 0 Å². The van der Waals surface area contributed by atoms with Crippen molar-refractivity contribution < 1.29 is 4.79 Å². The van der Waals surface area contributed by atoms with Crippen LogP contribution in [0.2, 0.25) is 0 Å². The summed E-state index contributed by atoms with van der Waals surface area (Å²) in [5.41, 5.74) is 0.444. The van der Waals surface area contributed by atoms with Gasteiger partial charge in [0.2, 0.25) is 5.95 Å². The first-order chi connectivity index (χ1) is 9.66. The number of anilines is 1. The monoisotopic (exact) mass is 277 g/mol. The fourth-order valence-electron chi connectivity index (χ4n) is 2.20. The van der Waals surface area contributed by atoms with E-state index in [0.29, 0.717) is 18.2 Å².